The Labute approximate surface area is 119 Å². The summed E-state index contributed by atoms with van der Waals surface area (Å²) in [5, 5.41) is 14.0. The van der Waals surface area contributed by atoms with Gasteiger partial charge < -0.3 is 15.2 Å². The number of aryl methyl sites for hydroxylation is 1. The molecule has 1 rings (SSSR count). The van der Waals surface area contributed by atoms with Crippen LogP contribution in [-0.2, 0) is 13.6 Å². The number of hydrogen-bond acceptors (Lipinski definition) is 3. The molecule has 0 aliphatic rings. The number of hydrogen-bond donors (Lipinski definition) is 2. The van der Waals surface area contributed by atoms with Crippen molar-refractivity contribution in [3.8, 4) is 0 Å². The Morgan fingerprint density at radius 2 is 2.35 bits per heavy atom. The van der Waals surface area contributed by atoms with Crippen molar-refractivity contribution < 1.29 is 0 Å². The molecule has 0 amide bonds. The Bertz CT molecular complexity index is 359. The molecule has 2 N–H and O–H groups in total. The molecule has 0 aromatic carbocycles. The molecule has 0 aliphatic heterocycles. The van der Waals surface area contributed by atoms with E-state index >= 15 is 0 Å². The smallest absolute Gasteiger partial charge is 0.191 e. The molecule has 0 fully saturated rings. The summed E-state index contributed by atoms with van der Waals surface area (Å²) in [4.78, 5) is 4.38. The second kappa shape index (κ2) is 8.97. The third kappa shape index (κ3) is 5.66. The summed E-state index contributed by atoms with van der Waals surface area (Å²) in [5.74, 6) is 1.58. The van der Waals surface area contributed by atoms with Gasteiger partial charge in [-0.2, -0.15) is 0 Å². The molecule has 0 saturated heterocycles. The van der Waals surface area contributed by atoms with Crippen molar-refractivity contribution in [3.63, 3.8) is 0 Å². The van der Waals surface area contributed by atoms with Gasteiger partial charge in [-0.05, 0) is 6.92 Å². The average Bonchev–Trinajstić information content (AvgIpc) is 2.68. The van der Waals surface area contributed by atoms with Crippen LogP contribution in [0.3, 0.4) is 0 Å². The number of aliphatic imine (C=N–C) groups is 1. The number of halogens is 1. The van der Waals surface area contributed by atoms with Gasteiger partial charge in [0.05, 0.1) is 0 Å². The minimum atomic E-state index is 0. The maximum absolute atomic E-state index is 4.38. The second-order valence-electron chi connectivity index (χ2n) is 3.22. The van der Waals surface area contributed by atoms with Crippen molar-refractivity contribution in [2.45, 2.75) is 13.5 Å². The van der Waals surface area contributed by atoms with Crippen molar-refractivity contribution in [1.82, 2.24) is 25.4 Å². The molecule has 96 valence electrons. The third-order valence-corrected chi connectivity index (χ3v) is 1.94. The summed E-state index contributed by atoms with van der Waals surface area (Å²) in [5.41, 5.74) is 0. The Morgan fingerprint density at radius 1 is 1.59 bits per heavy atom. The Hall–Kier alpha value is -1.12. The fourth-order valence-electron chi connectivity index (χ4n) is 1.11. The normalized spacial score (nSPS) is 10.6. The predicted octanol–water partition coefficient (Wildman–Crippen LogP) is 0.674. The highest BCUT2D eigenvalue weighted by molar-refractivity contribution is 14.0. The number of aromatic nitrogens is 3. The van der Waals surface area contributed by atoms with Crippen molar-refractivity contribution in [1.29, 1.82) is 0 Å². The van der Waals surface area contributed by atoms with E-state index in [9.17, 15) is 0 Å². The van der Waals surface area contributed by atoms with Crippen LogP contribution in [0.1, 0.15) is 12.7 Å². The molecule has 0 radical (unpaired) electrons. The van der Waals surface area contributed by atoms with Crippen LogP contribution in [0.4, 0.5) is 0 Å². The van der Waals surface area contributed by atoms with Gasteiger partial charge in [-0.25, -0.2) is 4.99 Å². The monoisotopic (exact) mass is 350 g/mol. The van der Waals surface area contributed by atoms with Crippen LogP contribution < -0.4 is 10.6 Å². The van der Waals surface area contributed by atoms with E-state index in [0.717, 1.165) is 18.3 Å². The van der Waals surface area contributed by atoms with Gasteiger partial charge in [0.2, 0.25) is 0 Å². The van der Waals surface area contributed by atoms with Gasteiger partial charge in [-0.1, -0.05) is 6.08 Å². The average molecular weight is 350 g/mol. The molecule has 0 atom stereocenters. The molecular formula is C10H19IN6. The van der Waals surface area contributed by atoms with Crippen LogP contribution >= 0.6 is 24.0 Å². The predicted molar refractivity (Wildman–Crippen MR) is 79.4 cm³/mol. The summed E-state index contributed by atoms with van der Waals surface area (Å²) < 4.78 is 1.85. The van der Waals surface area contributed by atoms with Gasteiger partial charge in [0.25, 0.3) is 0 Å². The van der Waals surface area contributed by atoms with E-state index in [4.69, 9.17) is 0 Å². The molecular weight excluding hydrogens is 331 g/mol. The zero-order valence-electron chi connectivity index (χ0n) is 10.2. The van der Waals surface area contributed by atoms with Crippen LogP contribution in [0.25, 0.3) is 0 Å². The van der Waals surface area contributed by atoms with E-state index < -0.39 is 0 Å². The summed E-state index contributed by atoms with van der Waals surface area (Å²) >= 11 is 0. The lowest BCUT2D eigenvalue weighted by atomic mass is 10.5. The number of nitrogens with zero attached hydrogens (tertiary/aromatic N) is 4. The molecule has 0 unspecified atom stereocenters. The standard InChI is InChI=1S/C10H18N6.HI/c1-4-6-12-10(11-5-2)13-7-9-15-14-8-16(9)3;/h4,8H,1,5-7H2,2-3H3,(H2,11,12,13);1H. The maximum atomic E-state index is 4.38. The molecule has 0 saturated carbocycles. The van der Waals surface area contributed by atoms with Gasteiger partial charge in [0, 0.05) is 20.1 Å². The lowest BCUT2D eigenvalue weighted by Gasteiger charge is -2.08. The van der Waals surface area contributed by atoms with Gasteiger partial charge in [-0.15, -0.1) is 40.8 Å². The zero-order valence-corrected chi connectivity index (χ0v) is 12.5. The molecule has 0 bridgehead atoms. The Kier molecular flexibility index (Phi) is 8.38. The minimum Gasteiger partial charge on any atom is -0.357 e. The summed E-state index contributed by atoms with van der Waals surface area (Å²) in [6.45, 7) is 7.68. The first-order valence-electron chi connectivity index (χ1n) is 5.23. The summed E-state index contributed by atoms with van der Waals surface area (Å²) in [6, 6.07) is 0. The molecule has 0 spiro atoms. The first-order chi connectivity index (χ1) is 7.77. The van der Waals surface area contributed by atoms with E-state index in [0.29, 0.717) is 13.1 Å². The fourth-order valence-corrected chi connectivity index (χ4v) is 1.11. The van der Waals surface area contributed by atoms with Crippen molar-refractivity contribution >= 4 is 29.9 Å². The van der Waals surface area contributed by atoms with E-state index in [1.165, 1.54) is 0 Å². The van der Waals surface area contributed by atoms with Crippen LogP contribution in [0, 0.1) is 0 Å². The topological polar surface area (TPSA) is 67.1 Å². The third-order valence-electron chi connectivity index (χ3n) is 1.94. The highest BCUT2D eigenvalue weighted by atomic mass is 127. The van der Waals surface area contributed by atoms with Crippen molar-refractivity contribution in [2.75, 3.05) is 13.1 Å². The highest BCUT2D eigenvalue weighted by Gasteiger charge is 2.00. The molecule has 1 heterocycles. The molecule has 0 aliphatic carbocycles. The fraction of sp³-hybridized carbons (Fsp3) is 0.500. The van der Waals surface area contributed by atoms with Crippen LogP contribution in [0.15, 0.2) is 24.0 Å². The molecule has 1 aromatic heterocycles. The van der Waals surface area contributed by atoms with Crippen LogP contribution in [-0.4, -0.2) is 33.8 Å². The van der Waals surface area contributed by atoms with Crippen molar-refractivity contribution in [2.24, 2.45) is 12.0 Å². The lowest BCUT2D eigenvalue weighted by molar-refractivity contribution is 0.777. The zero-order chi connectivity index (χ0) is 11.8. The number of rotatable bonds is 5. The lowest BCUT2D eigenvalue weighted by Crippen LogP contribution is -2.37. The van der Waals surface area contributed by atoms with E-state index in [1.807, 2.05) is 18.5 Å². The molecule has 6 nitrogen and oxygen atoms in total. The van der Waals surface area contributed by atoms with Gasteiger partial charge in [0.1, 0.15) is 12.9 Å². The van der Waals surface area contributed by atoms with Crippen LogP contribution in [0.5, 0.6) is 0 Å². The Morgan fingerprint density at radius 3 is 2.88 bits per heavy atom. The van der Waals surface area contributed by atoms with Gasteiger partial charge in [0.15, 0.2) is 11.8 Å². The summed E-state index contributed by atoms with van der Waals surface area (Å²) in [7, 11) is 1.90. The Balaban J connectivity index is 0.00000256. The second-order valence-corrected chi connectivity index (χ2v) is 3.22. The molecule has 17 heavy (non-hydrogen) atoms. The SMILES string of the molecule is C=CCNC(=NCc1nncn1C)NCC.I. The number of guanidine groups is 1. The summed E-state index contributed by atoms with van der Waals surface area (Å²) in [6.07, 6.45) is 3.45. The largest absolute Gasteiger partial charge is 0.357 e. The minimum absolute atomic E-state index is 0. The van der Waals surface area contributed by atoms with Gasteiger partial charge in [-0.3, -0.25) is 0 Å². The highest BCUT2D eigenvalue weighted by Crippen LogP contribution is 1.93. The van der Waals surface area contributed by atoms with E-state index in [1.54, 1.807) is 12.4 Å². The van der Waals surface area contributed by atoms with E-state index in [-0.39, 0.29) is 24.0 Å². The maximum Gasteiger partial charge on any atom is 0.191 e. The molecule has 1 aromatic rings. The van der Waals surface area contributed by atoms with Gasteiger partial charge >= 0.3 is 0 Å². The molecule has 7 heteroatoms. The van der Waals surface area contributed by atoms with Crippen LogP contribution in [0.2, 0.25) is 0 Å². The van der Waals surface area contributed by atoms with Crippen molar-refractivity contribution in [3.05, 3.63) is 24.8 Å². The first-order valence-corrected chi connectivity index (χ1v) is 5.23. The number of nitrogens with one attached hydrogen (secondary N) is 2. The first kappa shape index (κ1) is 15.9. The van der Waals surface area contributed by atoms with E-state index in [2.05, 4.69) is 32.4 Å². The quantitative estimate of drug-likeness (QED) is 0.355.